The van der Waals surface area contributed by atoms with E-state index in [0.29, 0.717) is 11.5 Å². The number of aryl methyl sites for hydroxylation is 2. The maximum Gasteiger partial charge on any atom is 0.335 e. The van der Waals surface area contributed by atoms with Gasteiger partial charge in [-0.05, 0) is 63.9 Å². The van der Waals surface area contributed by atoms with Gasteiger partial charge in [0.05, 0.1) is 34.0 Å². The molecule has 1 aliphatic rings. The molecule has 7 nitrogen and oxygen atoms in total. The van der Waals surface area contributed by atoms with Crippen molar-refractivity contribution in [2.45, 2.75) is 39.7 Å². The van der Waals surface area contributed by atoms with Crippen molar-refractivity contribution in [3.05, 3.63) is 89.3 Å². The number of benzene rings is 1. The van der Waals surface area contributed by atoms with Crippen molar-refractivity contribution in [1.82, 2.24) is 19.7 Å². The minimum Gasteiger partial charge on any atom is -0.478 e. The van der Waals surface area contributed by atoms with E-state index in [1.807, 2.05) is 44.3 Å². The Morgan fingerprint density at radius 3 is 2.66 bits per heavy atom. The molecule has 1 saturated carbocycles. The van der Waals surface area contributed by atoms with Gasteiger partial charge < -0.3 is 14.2 Å². The highest BCUT2D eigenvalue weighted by atomic mass is 16.5. The number of carboxylic acid groups (broad SMARTS) is 1. The fourth-order valence-corrected chi connectivity index (χ4v) is 4.87. The average Bonchev–Trinajstić information content (AvgIpc) is 3.60. The zero-order valence-corrected chi connectivity index (χ0v) is 21.4. The summed E-state index contributed by atoms with van der Waals surface area (Å²) in [7, 11) is 0. The Bertz CT molecular complexity index is 1730. The predicted molar refractivity (Wildman–Crippen MR) is 145 cm³/mol. The lowest BCUT2D eigenvalue weighted by molar-refractivity contribution is 0.0697. The molecule has 188 valence electrons. The fraction of sp³-hybridized carbons (Fsp3) is 0.226. The molecule has 0 amide bonds. The van der Waals surface area contributed by atoms with Crippen molar-refractivity contribution < 1.29 is 14.4 Å². The molecule has 0 radical (unpaired) electrons. The van der Waals surface area contributed by atoms with Crippen LogP contribution in [0.25, 0.3) is 33.3 Å². The first kappa shape index (κ1) is 23.7. The molecule has 0 saturated heterocycles. The minimum atomic E-state index is -0.973. The van der Waals surface area contributed by atoms with Crippen LogP contribution in [0.2, 0.25) is 0 Å². The van der Waals surface area contributed by atoms with Crippen LogP contribution in [0.15, 0.2) is 65.6 Å². The van der Waals surface area contributed by atoms with Gasteiger partial charge in [0, 0.05) is 52.3 Å². The van der Waals surface area contributed by atoms with E-state index in [-0.39, 0.29) is 11.6 Å². The first-order valence-corrected chi connectivity index (χ1v) is 12.6. The molecule has 38 heavy (non-hydrogen) atoms. The van der Waals surface area contributed by atoms with Crippen LogP contribution in [0.3, 0.4) is 0 Å². The van der Waals surface area contributed by atoms with Crippen LogP contribution in [0.4, 0.5) is 0 Å². The number of hydrogen-bond donors (Lipinski definition) is 1. The smallest absolute Gasteiger partial charge is 0.335 e. The minimum absolute atomic E-state index is 0.0755. The van der Waals surface area contributed by atoms with Gasteiger partial charge in [-0.2, -0.15) is 0 Å². The zero-order chi connectivity index (χ0) is 26.4. The third-order valence-corrected chi connectivity index (χ3v) is 7.07. The van der Waals surface area contributed by atoms with Crippen molar-refractivity contribution in [2.75, 3.05) is 0 Å². The summed E-state index contributed by atoms with van der Waals surface area (Å²) in [5.74, 6) is 6.72. The van der Waals surface area contributed by atoms with E-state index in [4.69, 9.17) is 9.51 Å². The first-order chi connectivity index (χ1) is 18.4. The molecule has 0 aliphatic heterocycles. The Labute approximate surface area is 220 Å². The number of hydrogen-bond acceptors (Lipinski definition) is 5. The maximum absolute atomic E-state index is 11.7. The molecule has 0 bridgehead atoms. The van der Waals surface area contributed by atoms with Gasteiger partial charge in [-0.15, -0.1) is 0 Å². The molecule has 4 heterocycles. The lowest BCUT2D eigenvalue weighted by atomic mass is 9.98. The normalized spacial score (nSPS) is 13.8. The number of carboxylic acids is 1. The van der Waals surface area contributed by atoms with Gasteiger partial charge in [0.1, 0.15) is 5.76 Å². The highest BCUT2D eigenvalue weighted by Gasteiger charge is 2.22. The first-order valence-electron chi connectivity index (χ1n) is 12.6. The number of aromatic carboxylic acids is 1. The summed E-state index contributed by atoms with van der Waals surface area (Å²) in [5, 5.41) is 13.7. The lowest BCUT2D eigenvalue weighted by Gasteiger charge is -2.15. The van der Waals surface area contributed by atoms with Crippen LogP contribution in [0, 0.1) is 31.6 Å². The Balaban J connectivity index is 1.59. The summed E-state index contributed by atoms with van der Waals surface area (Å²) in [6.45, 7) is 5.93. The Kier molecular flexibility index (Phi) is 5.80. The zero-order valence-electron chi connectivity index (χ0n) is 21.4. The summed E-state index contributed by atoms with van der Waals surface area (Å²) in [4.78, 5) is 21.3. The third kappa shape index (κ3) is 4.24. The van der Waals surface area contributed by atoms with E-state index in [9.17, 15) is 9.90 Å². The van der Waals surface area contributed by atoms with Crippen LogP contribution in [0.1, 0.15) is 58.9 Å². The second-order valence-corrected chi connectivity index (χ2v) is 9.78. The second kappa shape index (κ2) is 9.31. The van der Waals surface area contributed by atoms with Gasteiger partial charge in [0.2, 0.25) is 0 Å². The molecule has 1 N–H and O–H groups in total. The van der Waals surface area contributed by atoms with Gasteiger partial charge in [-0.1, -0.05) is 29.1 Å². The number of rotatable bonds is 5. The largest absolute Gasteiger partial charge is 0.478 e. The van der Waals surface area contributed by atoms with Crippen molar-refractivity contribution in [3.63, 3.8) is 0 Å². The van der Waals surface area contributed by atoms with Gasteiger partial charge in [-0.3, -0.25) is 9.97 Å². The molecule has 1 fully saturated rings. The molecule has 4 aromatic heterocycles. The fourth-order valence-electron chi connectivity index (χ4n) is 4.87. The Morgan fingerprint density at radius 2 is 1.97 bits per heavy atom. The van der Waals surface area contributed by atoms with E-state index in [1.165, 1.54) is 0 Å². The molecule has 1 aliphatic carbocycles. The standard InChI is InChI=1S/C31H26N4O3/c1-18-29(20(3)38-34-18)24-15-28-30(33-16-24)26(17-35(28)19(2)27-6-4-5-13-32-27)25-12-11-23(31(36)37)14-22(25)10-9-21-7-8-21/h4-6,11-17,19,21H,7-8H2,1-3H3,(H,36,37)/t19-/m0/s1. The van der Waals surface area contributed by atoms with E-state index in [0.717, 1.165) is 63.3 Å². The Morgan fingerprint density at radius 1 is 1.13 bits per heavy atom. The molecule has 1 atom stereocenters. The second-order valence-electron chi connectivity index (χ2n) is 9.78. The quantitative estimate of drug-likeness (QED) is 0.278. The van der Waals surface area contributed by atoms with E-state index < -0.39 is 5.97 Å². The predicted octanol–water partition coefficient (Wildman–Crippen LogP) is 6.44. The number of nitrogens with zero attached hydrogens (tertiary/aromatic N) is 4. The highest BCUT2D eigenvalue weighted by molar-refractivity contribution is 5.98. The molecule has 0 spiro atoms. The lowest BCUT2D eigenvalue weighted by Crippen LogP contribution is -2.07. The van der Waals surface area contributed by atoms with E-state index in [1.54, 1.807) is 18.3 Å². The van der Waals surface area contributed by atoms with Gasteiger partial charge >= 0.3 is 5.97 Å². The summed E-state index contributed by atoms with van der Waals surface area (Å²) in [6.07, 6.45) is 7.89. The van der Waals surface area contributed by atoms with E-state index >= 15 is 0 Å². The molecule has 1 aromatic carbocycles. The molecule has 7 heteroatoms. The topological polar surface area (TPSA) is 94.0 Å². The molecule has 5 aromatic rings. The molecule has 6 rings (SSSR count). The van der Waals surface area contributed by atoms with Crippen LogP contribution in [-0.2, 0) is 0 Å². The van der Waals surface area contributed by atoms with E-state index in [2.05, 4.69) is 45.7 Å². The van der Waals surface area contributed by atoms with Crippen LogP contribution in [0.5, 0.6) is 0 Å². The summed E-state index contributed by atoms with van der Waals surface area (Å²) < 4.78 is 7.59. The van der Waals surface area contributed by atoms with Crippen molar-refractivity contribution in [2.24, 2.45) is 5.92 Å². The van der Waals surface area contributed by atoms with Gasteiger partial charge in [-0.25, -0.2) is 4.79 Å². The monoisotopic (exact) mass is 502 g/mol. The van der Waals surface area contributed by atoms with Crippen molar-refractivity contribution in [1.29, 1.82) is 0 Å². The Hall–Kier alpha value is -4.70. The molecule has 0 unspecified atom stereocenters. The van der Waals surface area contributed by atoms with Gasteiger partial charge in [0.15, 0.2) is 0 Å². The summed E-state index contributed by atoms with van der Waals surface area (Å²) in [5.41, 5.74) is 7.98. The SMILES string of the molecule is Cc1noc(C)c1-c1cnc2c(-c3ccc(C(=O)O)cc3C#CC3CC3)cn([C@@H](C)c3ccccn3)c2c1. The maximum atomic E-state index is 11.7. The number of fused-ring (bicyclic) bond motifs is 1. The number of pyridine rings is 2. The number of aromatic nitrogens is 4. The van der Waals surface area contributed by atoms with Crippen LogP contribution < -0.4 is 0 Å². The number of carbonyl (C=O) groups is 1. The summed E-state index contributed by atoms with van der Waals surface area (Å²) >= 11 is 0. The van der Waals surface area contributed by atoms with Gasteiger partial charge in [0.25, 0.3) is 0 Å². The molecular formula is C31H26N4O3. The third-order valence-electron chi connectivity index (χ3n) is 7.07. The highest BCUT2D eigenvalue weighted by Crippen LogP contribution is 2.38. The van der Waals surface area contributed by atoms with Crippen LogP contribution in [-0.4, -0.2) is 30.8 Å². The van der Waals surface area contributed by atoms with Crippen molar-refractivity contribution in [3.8, 4) is 34.1 Å². The average molecular weight is 503 g/mol. The summed E-state index contributed by atoms with van der Waals surface area (Å²) in [6, 6.07) is 13.1. The molecular weight excluding hydrogens is 476 g/mol. The van der Waals surface area contributed by atoms with Crippen molar-refractivity contribution >= 4 is 17.0 Å². The van der Waals surface area contributed by atoms with Crippen LogP contribution >= 0.6 is 0 Å².